The molecule has 4 unspecified atom stereocenters. The Morgan fingerprint density at radius 2 is 1.31 bits per heavy atom. The Balaban J connectivity index is 4.13. The third kappa shape index (κ3) is 25.8. The van der Waals surface area contributed by atoms with Gasteiger partial charge >= 0.3 is 0 Å². The average molecular weight is 579 g/mol. The number of ether oxygens (including phenoxy) is 1. The van der Waals surface area contributed by atoms with Crippen LogP contribution in [-0.2, 0) is 4.74 Å². The highest BCUT2D eigenvalue weighted by Crippen LogP contribution is 2.19. The van der Waals surface area contributed by atoms with Gasteiger partial charge in [0.15, 0.2) is 0 Å². The topological polar surface area (TPSA) is 9.23 Å². The van der Waals surface area contributed by atoms with Crippen LogP contribution in [0.3, 0.4) is 0 Å². The van der Waals surface area contributed by atoms with Gasteiger partial charge in [0.05, 0.1) is 5.60 Å². The lowest BCUT2D eigenvalue weighted by Crippen LogP contribution is -2.20. The molecule has 0 bridgehead atoms. The molecule has 1 heteroatoms. The van der Waals surface area contributed by atoms with Crippen molar-refractivity contribution in [3.8, 4) is 0 Å². The van der Waals surface area contributed by atoms with Gasteiger partial charge < -0.3 is 4.74 Å². The van der Waals surface area contributed by atoms with E-state index in [-0.39, 0.29) is 5.60 Å². The molecule has 0 aromatic heterocycles. The van der Waals surface area contributed by atoms with Crippen molar-refractivity contribution in [2.75, 3.05) is 7.11 Å². The highest BCUT2D eigenvalue weighted by molar-refractivity contribution is 5.14. The van der Waals surface area contributed by atoms with Crippen LogP contribution in [0.15, 0.2) is 83.6 Å². The fraction of sp³-hybridized carbons (Fsp3) is 0.659. The molecule has 0 aliphatic rings. The molecule has 240 valence electrons. The van der Waals surface area contributed by atoms with E-state index in [0.717, 1.165) is 31.6 Å². The summed E-state index contributed by atoms with van der Waals surface area (Å²) < 4.78 is 5.50. The normalized spacial score (nSPS) is 16.6. The van der Waals surface area contributed by atoms with Crippen LogP contribution in [0.5, 0.6) is 0 Å². The van der Waals surface area contributed by atoms with Gasteiger partial charge in [-0.1, -0.05) is 118 Å². The second-order valence-electron chi connectivity index (χ2n) is 13.9. The molecule has 0 saturated heterocycles. The minimum Gasteiger partial charge on any atom is -0.378 e. The molecule has 0 heterocycles. The van der Waals surface area contributed by atoms with Crippen molar-refractivity contribution in [2.45, 2.75) is 145 Å². The predicted molar refractivity (Wildman–Crippen MR) is 192 cm³/mol. The third-order valence-corrected chi connectivity index (χ3v) is 8.13. The Morgan fingerprint density at radius 1 is 0.690 bits per heavy atom. The van der Waals surface area contributed by atoms with Crippen molar-refractivity contribution in [1.29, 1.82) is 0 Å². The number of methoxy groups -OCH3 is 1. The van der Waals surface area contributed by atoms with Crippen LogP contribution in [0.4, 0.5) is 0 Å². The van der Waals surface area contributed by atoms with E-state index in [2.05, 4.69) is 136 Å². The molecule has 0 rings (SSSR count). The molecule has 4 atom stereocenters. The van der Waals surface area contributed by atoms with Crippen molar-refractivity contribution >= 4 is 0 Å². The summed E-state index contributed by atoms with van der Waals surface area (Å²) in [6.45, 7) is 22.5. The van der Waals surface area contributed by atoms with Crippen LogP contribution in [0.1, 0.15) is 140 Å². The minimum absolute atomic E-state index is 0.0575. The molecule has 0 aromatic rings. The van der Waals surface area contributed by atoms with Gasteiger partial charge in [-0.15, -0.1) is 0 Å². The second kappa shape index (κ2) is 24.6. The van der Waals surface area contributed by atoms with Gasteiger partial charge in [-0.25, -0.2) is 0 Å². The highest BCUT2D eigenvalue weighted by Gasteiger charge is 2.13. The SMILES string of the molecule is COC(C)(C)C/C=C/C(C)CCCC(C)/C=C/CC(C)CC/C=C/C(C)/C=C/C=C(\C)CC/C=C(\C)CCC=C(C)C. The fourth-order valence-electron chi connectivity index (χ4n) is 4.75. The predicted octanol–water partition coefficient (Wildman–Crippen LogP) is 13.3. The molecule has 0 amide bonds. The first-order valence-corrected chi connectivity index (χ1v) is 17.0. The molecule has 42 heavy (non-hydrogen) atoms. The van der Waals surface area contributed by atoms with Gasteiger partial charge in [-0.2, -0.15) is 0 Å². The number of hydrogen-bond acceptors (Lipinski definition) is 1. The van der Waals surface area contributed by atoms with Gasteiger partial charge in [0.25, 0.3) is 0 Å². The summed E-state index contributed by atoms with van der Waals surface area (Å²) in [6, 6.07) is 0. The zero-order valence-corrected chi connectivity index (χ0v) is 29.8. The summed E-state index contributed by atoms with van der Waals surface area (Å²) >= 11 is 0. The van der Waals surface area contributed by atoms with Gasteiger partial charge in [0.1, 0.15) is 0 Å². The Morgan fingerprint density at radius 3 is 1.95 bits per heavy atom. The van der Waals surface area contributed by atoms with Crippen LogP contribution < -0.4 is 0 Å². The molecular formula is C41H70O. The maximum Gasteiger partial charge on any atom is 0.0657 e. The standard InChI is InChI=1S/C41H70O/c1-34(2)20-14-23-37(5)26-17-29-38(6)27-15-24-35(3)21-12-13-22-36(4)25-16-28-39(7)30-18-31-40(8)32-19-33-41(9,10)42-11/h12,15-16,19-21,24,26-28,32,35-36,39-40H,13-14,17-18,22-23,25,29-31,33H2,1-11H3/b21-12+,24-15+,28-16+,32-19+,37-26+,38-27+. The maximum atomic E-state index is 5.50. The van der Waals surface area contributed by atoms with Crippen LogP contribution in [0.2, 0.25) is 0 Å². The summed E-state index contributed by atoms with van der Waals surface area (Å²) in [4.78, 5) is 0. The monoisotopic (exact) mass is 579 g/mol. The third-order valence-electron chi connectivity index (χ3n) is 8.13. The largest absolute Gasteiger partial charge is 0.378 e. The van der Waals surface area contributed by atoms with Crippen molar-refractivity contribution in [1.82, 2.24) is 0 Å². The lowest BCUT2D eigenvalue weighted by molar-refractivity contribution is 0.0254. The molecule has 0 aliphatic heterocycles. The smallest absolute Gasteiger partial charge is 0.0657 e. The minimum atomic E-state index is -0.0575. The van der Waals surface area contributed by atoms with Gasteiger partial charge in [0, 0.05) is 7.11 Å². The van der Waals surface area contributed by atoms with E-state index in [9.17, 15) is 0 Å². The summed E-state index contributed by atoms with van der Waals surface area (Å²) in [5, 5.41) is 0. The van der Waals surface area contributed by atoms with E-state index < -0.39 is 0 Å². The quantitative estimate of drug-likeness (QED) is 0.0865. The summed E-state index contributed by atoms with van der Waals surface area (Å²) in [6.07, 6.45) is 38.9. The van der Waals surface area contributed by atoms with E-state index in [0.29, 0.717) is 17.8 Å². The lowest BCUT2D eigenvalue weighted by atomic mass is 9.95. The van der Waals surface area contributed by atoms with Crippen molar-refractivity contribution in [3.05, 3.63) is 83.6 Å². The summed E-state index contributed by atoms with van der Waals surface area (Å²) in [7, 11) is 1.79. The molecule has 0 spiro atoms. The van der Waals surface area contributed by atoms with Crippen LogP contribution in [-0.4, -0.2) is 12.7 Å². The lowest BCUT2D eigenvalue weighted by Gasteiger charge is -2.20. The van der Waals surface area contributed by atoms with E-state index in [4.69, 9.17) is 4.74 Å². The van der Waals surface area contributed by atoms with E-state index in [1.807, 2.05) is 0 Å². The maximum absolute atomic E-state index is 5.50. The fourth-order valence-corrected chi connectivity index (χ4v) is 4.75. The van der Waals surface area contributed by atoms with E-state index in [1.165, 1.54) is 61.7 Å². The average Bonchev–Trinajstić information content (AvgIpc) is 2.91. The van der Waals surface area contributed by atoms with Crippen molar-refractivity contribution in [3.63, 3.8) is 0 Å². The van der Waals surface area contributed by atoms with Crippen LogP contribution in [0, 0.1) is 23.7 Å². The molecule has 0 aliphatic carbocycles. The first-order valence-electron chi connectivity index (χ1n) is 17.0. The highest BCUT2D eigenvalue weighted by atomic mass is 16.5. The first-order chi connectivity index (χ1) is 19.8. The summed E-state index contributed by atoms with van der Waals surface area (Å²) in [5.74, 6) is 2.54. The summed E-state index contributed by atoms with van der Waals surface area (Å²) in [5.41, 5.74) is 4.33. The molecule has 0 saturated carbocycles. The Kier molecular flexibility index (Phi) is 23.5. The zero-order valence-electron chi connectivity index (χ0n) is 29.8. The molecule has 0 aromatic carbocycles. The van der Waals surface area contributed by atoms with Gasteiger partial charge in [-0.05, 0) is 129 Å². The van der Waals surface area contributed by atoms with Crippen molar-refractivity contribution in [2.24, 2.45) is 23.7 Å². The molecular weight excluding hydrogens is 508 g/mol. The second-order valence-corrected chi connectivity index (χ2v) is 13.9. The Hall–Kier alpha value is -1.86. The van der Waals surface area contributed by atoms with Crippen LogP contribution >= 0.6 is 0 Å². The first kappa shape index (κ1) is 40.1. The zero-order chi connectivity index (χ0) is 31.8. The molecule has 0 N–H and O–H groups in total. The Labute approximate surface area is 264 Å². The van der Waals surface area contributed by atoms with Crippen molar-refractivity contribution < 1.29 is 4.74 Å². The van der Waals surface area contributed by atoms with E-state index >= 15 is 0 Å². The van der Waals surface area contributed by atoms with Gasteiger partial charge in [0.2, 0.25) is 0 Å². The Bertz CT molecular complexity index is 884. The molecule has 1 nitrogen and oxygen atoms in total. The van der Waals surface area contributed by atoms with Gasteiger partial charge in [-0.3, -0.25) is 0 Å². The molecule has 0 fully saturated rings. The molecule has 0 radical (unpaired) electrons. The number of rotatable bonds is 23. The number of allylic oxidation sites excluding steroid dienone is 13. The van der Waals surface area contributed by atoms with Crippen LogP contribution in [0.25, 0.3) is 0 Å². The number of hydrogen-bond donors (Lipinski definition) is 0. The van der Waals surface area contributed by atoms with E-state index in [1.54, 1.807) is 7.11 Å².